The highest BCUT2D eigenvalue weighted by Gasteiger charge is 2.17. The molecule has 0 spiro atoms. The summed E-state index contributed by atoms with van der Waals surface area (Å²) in [7, 11) is 0. The number of hydrogen-bond donors (Lipinski definition) is 3. The van der Waals surface area contributed by atoms with Gasteiger partial charge in [-0.15, -0.1) is 0 Å². The van der Waals surface area contributed by atoms with Crippen molar-refractivity contribution >= 4 is 40.7 Å². The Bertz CT molecular complexity index is 791. The van der Waals surface area contributed by atoms with Crippen LogP contribution in [0.25, 0.3) is 0 Å². The van der Waals surface area contributed by atoms with Crippen LogP contribution in [0.2, 0.25) is 10.0 Å². The van der Waals surface area contributed by atoms with Gasteiger partial charge in [-0.3, -0.25) is 10.1 Å². The van der Waals surface area contributed by atoms with Gasteiger partial charge in [0.05, 0.1) is 4.92 Å². The molecular weight excluding hydrogens is 403 g/mol. The van der Waals surface area contributed by atoms with E-state index in [1.54, 1.807) is 18.2 Å². The first-order valence-corrected chi connectivity index (χ1v) is 9.90. The van der Waals surface area contributed by atoms with Crippen molar-refractivity contribution < 1.29 is 4.92 Å². The summed E-state index contributed by atoms with van der Waals surface area (Å²) in [4.78, 5) is 19.0. The van der Waals surface area contributed by atoms with Gasteiger partial charge in [-0.1, -0.05) is 42.5 Å². The van der Waals surface area contributed by atoms with Gasteiger partial charge >= 0.3 is 5.69 Å². The Labute approximate surface area is 174 Å². The molecule has 0 bridgehead atoms. The molecule has 1 aromatic heterocycles. The maximum absolute atomic E-state index is 11.2. The van der Waals surface area contributed by atoms with E-state index in [-0.39, 0.29) is 17.5 Å². The lowest BCUT2D eigenvalue weighted by Gasteiger charge is -2.10. The number of nitrogens with zero attached hydrogens (tertiary/aromatic N) is 3. The second kappa shape index (κ2) is 11.6. The predicted molar refractivity (Wildman–Crippen MR) is 113 cm³/mol. The average Bonchev–Trinajstić information content (AvgIpc) is 2.68. The lowest BCUT2D eigenvalue weighted by Crippen LogP contribution is -2.10. The molecule has 152 valence electrons. The van der Waals surface area contributed by atoms with Gasteiger partial charge in [0.2, 0.25) is 11.8 Å². The van der Waals surface area contributed by atoms with Crippen LogP contribution in [0.4, 0.5) is 17.5 Å². The van der Waals surface area contributed by atoms with Crippen molar-refractivity contribution in [1.29, 1.82) is 0 Å². The molecule has 0 aliphatic carbocycles. The van der Waals surface area contributed by atoms with Crippen molar-refractivity contribution in [1.82, 2.24) is 9.97 Å². The second-order valence-corrected chi connectivity index (χ2v) is 7.10. The molecule has 2 rings (SSSR count). The van der Waals surface area contributed by atoms with Gasteiger partial charge in [0, 0.05) is 23.1 Å². The van der Waals surface area contributed by atoms with Crippen molar-refractivity contribution in [2.75, 3.05) is 23.7 Å². The van der Waals surface area contributed by atoms with Gasteiger partial charge < -0.3 is 16.4 Å². The van der Waals surface area contributed by atoms with Crippen LogP contribution in [0, 0.1) is 10.1 Å². The number of nitrogens with two attached hydrogens (primary N) is 1. The Hall–Kier alpha value is -2.16. The molecule has 1 aromatic carbocycles. The SMILES string of the molecule is NCCCCCCCNc1nc(NCc2cc(Cl)ccc2Cl)ncc1[N+](=O)[O-]. The number of benzene rings is 1. The summed E-state index contributed by atoms with van der Waals surface area (Å²) in [6.45, 7) is 1.65. The smallest absolute Gasteiger partial charge is 0.329 e. The minimum atomic E-state index is -0.499. The minimum absolute atomic E-state index is 0.158. The van der Waals surface area contributed by atoms with Crippen LogP contribution in [0.1, 0.15) is 37.7 Å². The van der Waals surface area contributed by atoms with Crippen LogP contribution in [-0.4, -0.2) is 28.0 Å². The Morgan fingerprint density at radius 3 is 2.61 bits per heavy atom. The molecule has 0 saturated carbocycles. The zero-order chi connectivity index (χ0) is 20.4. The summed E-state index contributed by atoms with van der Waals surface area (Å²) >= 11 is 12.1. The molecule has 0 radical (unpaired) electrons. The molecule has 0 unspecified atom stereocenters. The Balaban J connectivity index is 1.95. The Morgan fingerprint density at radius 1 is 1.11 bits per heavy atom. The zero-order valence-electron chi connectivity index (χ0n) is 15.5. The van der Waals surface area contributed by atoms with Crippen LogP contribution < -0.4 is 16.4 Å². The largest absolute Gasteiger partial charge is 0.364 e. The summed E-state index contributed by atoms with van der Waals surface area (Å²) in [6.07, 6.45) is 6.34. The lowest BCUT2D eigenvalue weighted by atomic mass is 10.1. The first-order valence-electron chi connectivity index (χ1n) is 9.14. The van der Waals surface area contributed by atoms with Crippen molar-refractivity contribution in [3.8, 4) is 0 Å². The highest BCUT2D eigenvalue weighted by Crippen LogP contribution is 2.24. The molecule has 28 heavy (non-hydrogen) atoms. The van der Waals surface area contributed by atoms with Crippen molar-refractivity contribution in [2.45, 2.75) is 38.6 Å². The molecule has 4 N–H and O–H groups in total. The number of anilines is 2. The molecule has 8 nitrogen and oxygen atoms in total. The van der Waals surface area contributed by atoms with Crippen LogP contribution in [-0.2, 0) is 6.54 Å². The molecule has 0 aliphatic heterocycles. The number of nitro groups is 1. The standard InChI is InChI=1S/C18H24Cl2N6O2/c19-14-6-7-15(20)13(10-14)11-23-18-24-12-16(26(27)28)17(25-18)22-9-5-3-1-2-4-8-21/h6-7,10,12H,1-5,8-9,11,21H2,(H2,22,23,24,25). The van der Waals surface area contributed by atoms with E-state index in [9.17, 15) is 10.1 Å². The highest BCUT2D eigenvalue weighted by atomic mass is 35.5. The van der Waals surface area contributed by atoms with E-state index >= 15 is 0 Å². The van der Waals surface area contributed by atoms with E-state index in [1.165, 1.54) is 6.20 Å². The van der Waals surface area contributed by atoms with Crippen molar-refractivity contribution in [3.05, 3.63) is 50.1 Å². The molecule has 1 heterocycles. The first kappa shape index (κ1) is 22.1. The fraction of sp³-hybridized carbons (Fsp3) is 0.444. The van der Waals surface area contributed by atoms with E-state index < -0.39 is 4.92 Å². The highest BCUT2D eigenvalue weighted by molar-refractivity contribution is 6.33. The van der Waals surface area contributed by atoms with E-state index in [4.69, 9.17) is 28.9 Å². The van der Waals surface area contributed by atoms with Crippen LogP contribution in [0.5, 0.6) is 0 Å². The molecule has 0 atom stereocenters. The lowest BCUT2D eigenvalue weighted by molar-refractivity contribution is -0.384. The maximum Gasteiger partial charge on any atom is 0.329 e. The van der Waals surface area contributed by atoms with Gasteiger partial charge in [0.1, 0.15) is 6.20 Å². The molecular formula is C18H24Cl2N6O2. The minimum Gasteiger partial charge on any atom is -0.364 e. The van der Waals surface area contributed by atoms with Crippen LogP contribution in [0.15, 0.2) is 24.4 Å². The topological polar surface area (TPSA) is 119 Å². The van der Waals surface area contributed by atoms with E-state index in [0.29, 0.717) is 29.7 Å². The molecule has 0 fully saturated rings. The maximum atomic E-state index is 11.2. The van der Waals surface area contributed by atoms with Crippen LogP contribution >= 0.6 is 23.2 Å². The van der Waals surface area contributed by atoms with Gasteiger partial charge in [-0.05, 0) is 43.1 Å². The molecule has 0 saturated heterocycles. The third-order valence-corrected chi connectivity index (χ3v) is 4.69. The molecule has 0 aliphatic rings. The number of rotatable bonds is 12. The fourth-order valence-corrected chi connectivity index (χ4v) is 2.96. The summed E-state index contributed by atoms with van der Waals surface area (Å²) in [5.74, 6) is 0.466. The predicted octanol–water partition coefficient (Wildman–Crippen LogP) is 4.62. The van der Waals surface area contributed by atoms with E-state index in [1.807, 2.05) is 0 Å². The fourth-order valence-electron chi connectivity index (χ4n) is 2.58. The zero-order valence-corrected chi connectivity index (χ0v) is 17.0. The monoisotopic (exact) mass is 426 g/mol. The summed E-state index contributed by atoms with van der Waals surface area (Å²) in [6, 6.07) is 5.15. The van der Waals surface area contributed by atoms with Gasteiger partial charge in [0.15, 0.2) is 0 Å². The number of nitrogens with one attached hydrogen (secondary N) is 2. The van der Waals surface area contributed by atoms with Gasteiger partial charge in [0.25, 0.3) is 0 Å². The number of hydrogen-bond acceptors (Lipinski definition) is 7. The third kappa shape index (κ3) is 7.10. The van der Waals surface area contributed by atoms with Gasteiger partial charge in [-0.25, -0.2) is 4.98 Å². The van der Waals surface area contributed by atoms with Crippen LogP contribution in [0.3, 0.4) is 0 Å². The number of unbranched alkanes of at least 4 members (excludes halogenated alkanes) is 4. The average molecular weight is 427 g/mol. The normalized spacial score (nSPS) is 10.7. The van der Waals surface area contributed by atoms with Crippen molar-refractivity contribution in [3.63, 3.8) is 0 Å². The molecule has 0 amide bonds. The second-order valence-electron chi connectivity index (χ2n) is 6.26. The first-order chi connectivity index (χ1) is 13.5. The third-order valence-electron chi connectivity index (χ3n) is 4.08. The molecule has 10 heteroatoms. The summed E-state index contributed by atoms with van der Waals surface area (Å²) < 4.78 is 0. The summed E-state index contributed by atoms with van der Waals surface area (Å²) in [5, 5.41) is 18.4. The quantitative estimate of drug-likeness (QED) is 0.257. The number of aromatic nitrogens is 2. The molecule has 2 aromatic rings. The van der Waals surface area contributed by atoms with E-state index in [0.717, 1.165) is 37.7 Å². The van der Waals surface area contributed by atoms with Gasteiger partial charge in [-0.2, -0.15) is 4.98 Å². The summed E-state index contributed by atoms with van der Waals surface area (Å²) in [5.41, 5.74) is 6.09. The Morgan fingerprint density at radius 2 is 1.86 bits per heavy atom. The van der Waals surface area contributed by atoms with E-state index in [2.05, 4.69) is 20.6 Å². The Kier molecular flexibility index (Phi) is 9.19. The van der Waals surface area contributed by atoms with Crippen molar-refractivity contribution in [2.24, 2.45) is 5.73 Å². The number of halogens is 2.